The second kappa shape index (κ2) is 13.8. The number of esters is 2. The van der Waals surface area contributed by atoms with Gasteiger partial charge in [0.05, 0.1) is 13.0 Å². The summed E-state index contributed by atoms with van der Waals surface area (Å²) < 4.78 is 22.2. The number of fused-ring (bicyclic) bond motifs is 1. The van der Waals surface area contributed by atoms with Crippen LogP contribution in [0.15, 0.2) is 11.6 Å². The van der Waals surface area contributed by atoms with Gasteiger partial charge in [0.25, 0.3) is 0 Å². The number of methoxy groups -OCH3 is 1. The largest absolute Gasteiger partial charge is 0.496 e. The fraction of sp³-hybridized carbons (Fsp3) is 0.593. The Kier molecular flexibility index (Phi) is 11.1. The maximum absolute atomic E-state index is 12.6. The van der Waals surface area contributed by atoms with Crippen molar-refractivity contribution in [2.45, 2.75) is 85.7 Å². The fourth-order valence-corrected chi connectivity index (χ4v) is 4.14. The van der Waals surface area contributed by atoms with E-state index >= 15 is 0 Å². The Bertz CT molecular complexity index is 947. The molecule has 8 heteroatoms. The van der Waals surface area contributed by atoms with Gasteiger partial charge in [0.15, 0.2) is 0 Å². The van der Waals surface area contributed by atoms with Gasteiger partial charge in [-0.3, -0.25) is 9.59 Å². The summed E-state index contributed by atoms with van der Waals surface area (Å²) >= 11 is 0. The highest BCUT2D eigenvalue weighted by atomic mass is 16.7. The first kappa shape index (κ1) is 28.2. The Morgan fingerprint density at radius 3 is 2.57 bits per heavy atom. The van der Waals surface area contributed by atoms with E-state index in [1.54, 1.807) is 7.11 Å². The molecule has 0 aliphatic carbocycles. The fourth-order valence-electron chi connectivity index (χ4n) is 4.14. The Morgan fingerprint density at radius 2 is 1.91 bits per heavy atom. The standard InChI is InChI=1S/C27H38O8/c1-6-7-8-9-10-18(3)26(30)35-16-34-25-20(13-11-17(2)12-14-22(28)29)24(32-5)19(4)21-15-33-27(31)23(21)25/h11,18H,6-10,12-16H2,1-5H3,(H,28,29)/b17-11+. The number of carbonyl (C=O) groups is 3. The third kappa shape index (κ3) is 7.73. The van der Waals surface area contributed by atoms with E-state index in [2.05, 4.69) is 6.92 Å². The molecule has 2 rings (SSSR count). The lowest BCUT2D eigenvalue weighted by Crippen LogP contribution is -2.19. The van der Waals surface area contributed by atoms with E-state index in [4.69, 9.17) is 24.1 Å². The minimum Gasteiger partial charge on any atom is -0.496 e. The number of cyclic esters (lactones) is 1. The van der Waals surface area contributed by atoms with Crippen LogP contribution in [0.4, 0.5) is 0 Å². The summed E-state index contributed by atoms with van der Waals surface area (Å²) in [5.41, 5.74) is 3.31. The highest BCUT2D eigenvalue weighted by Gasteiger charge is 2.33. The highest BCUT2D eigenvalue weighted by Crippen LogP contribution is 2.43. The lowest BCUT2D eigenvalue weighted by Gasteiger charge is -2.20. The molecule has 0 aromatic heterocycles. The number of carbonyl (C=O) groups excluding carboxylic acids is 2. The molecule has 0 fully saturated rings. The quantitative estimate of drug-likeness (QED) is 0.148. The van der Waals surface area contributed by atoms with E-state index in [1.807, 2.05) is 26.8 Å². The van der Waals surface area contributed by atoms with Crippen LogP contribution >= 0.6 is 0 Å². The zero-order valence-corrected chi connectivity index (χ0v) is 21.5. The summed E-state index contributed by atoms with van der Waals surface area (Å²) in [5, 5.41) is 8.94. The van der Waals surface area contributed by atoms with Crippen LogP contribution in [0.5, 0.6) is 11.5 Å². The molecule has 0 amide bonds. The molecule has 194 valence electrons. The van der Waals surface area contributed by atoms with Gasteiger partial charge in [0, 0.05) is 17.5 Å². The molecule has 0 saturated heterocycles. The van der Waals surface area contributed by atoms with Crippen molar-refractivity contribution in [3.63, 3.8) is 0 Å². The summed E-state index contributed by atoms with van der Waals surface area (Å²) in [6.45, 7) is 7.48. The molecule has 1 aliphatic rings. The molecule has 0 spiro atoms. The molecule has 1 unspecified atom stereocenters. The highest BCUT2D eigenvalue weighted by molar-refractivity contribution is 5.98. The van der Waals surface area contributed by atoms with Gasteiger partial charge in [-0.05, 0) is 38.7 Å². The number of benzene rings is 1. The van der Waals surface area contributed by atoms with Crippen molar-refractivity contribution < 1.29 is 38.4 Å². The Balaban J connectivity index is 2.23. The van der Waals surface area contributed by atoms with Crippen molar-refractivity contribution in [3.8, 4) is 11.5 Å². The molecule has 0 bridgehead atoms. The molecule has 1 aliphatic heterocycles. The van der Waals surface area contributed by atoms with Crippen molar-refractivity contribution >= 4 is 17.9 Å². The van der Waals surface area contributed by atoms with E-state index in [0.717, 1.165) is 43.2 Å². The number of unbranched alkanes of at least 4 members (excludes halogenated alkanes) is 3. The van der Waals surface area contributed by atoms with Gasteiger partial charge in [0.1, 0.15) is 23.7 Å². The first-order valence-corrected chi connectivity index (χ1v) is 12.3. The molecular formula is C27H38O8. The smallest absolute Gasteiger partial charge is 0.342 e. The summed E-state index contributed by atoms with van der Waals surface area (Å²) in [6, 6.07) is 0. The maximum Gasteiger partial charge on any atom is 0.342 e. The molecule has 1 heterocycles. The van der Waals surface area contributed by atoms with E-state index in [1.165, 1.54) is 0 Å². The van der Waals surface area contributed by atoms with Crippen LogP contribution in [-0.4, -0.2) is 36.9 Å². The molecule has 1 atom stereocenters. The van der Waals surface area contributed by atoms with Crippen LogP contribution in [-0.2, 0) is 32.1 Å². The Labute approximate surface area is 207 Å². The topological polar surface area (TPSA) is 108 Å². The van der Waals surface area contributed by atoms with Crippen molar-refractivity contribution in [3.05, 3.63) is 33.9 Å². The molecule has 1 aromatic carbocycles. The van der Waals surface area contributed by atoms with Gasteiger partial charge in [-0.1, -0.05) is 51.2 Å². The van der Waals surface area contributed by atoms with Crippen LogP contribution in [0, 0.1) is 12.8 Å². The van der Waals surface area contributed by atoms with Gasteiger partial charge in [-0.25, -0.2) is 4.79 Å². The summed E-state index contributed by atoms with van der Waals surface area (Å²) in [4.78, 5) is 35.9. The van der Waals surface area contributed by atoms with Crippen LogP contribution in [0.25, 0.3) is 0 Å². The number of aliphatic carboxylic acids is 1. The summed E-state index contributed by atoms with van der Waals surface area (Å²) in [6.07, 6.45) is 7.78. The van der Waals surface area contributed by atoms with Crippen molar-refractivity contribution in [1.29, 1.82) is 0 Å². The van der Waals surface area contributed by atoms with Gasteiger partial charge in [-0.2, -0.15) is 0 Å². The van der Waals surface area contributed by atoms with Gasteiger partial charge < -0.3 is 24.1 Å². The lowest BCUT2D eigenvalue weighted by atomic mass is 9.94. The normalized spacial score (nSPS) is 13.7. The summed E-state index contributed by atoms with van der Waals surface area (Å²) in [5.74, 6) is -1.10. The van der Waals surface area contributed by atoms with Crippen LogP contribution < -0.4 is 9.47 Å². The second-order valence-corrected chi connectivity index (χ2v) is 9.02. The number of hydrogen-bond acceptors (Lipinski definition) is 7. The molecule has 0 radical (unpaired) electrons. The number of hydrogen-bond donors (Lipinski definition) is 1. The van der Waals surface area contributed by atoms with Crippen molar-refractivity contribution in [1.82, 2.24) is 0 Å². The lowest BCUT2D eigenvalue weighted by molar-refractivity contribution is -0.154. The predicted octanol–water partition coefficient (Wildman–Crippen LogP) is 5.51. The summed E-state index contributed by atoms with van der Waals surface area (Å²) in [7, 11) is 1.54. The zero-order chi connectivity index (χ0) is 26.0. The van der Waals surface area contributed by atoms with Gasteiger partial charge in [-0.15, -0.1) is 0 Å². The second-order valence-electron chi connectivity index (χ2n) is 9.02. The number of rotatable bonds is 15. The SMILES string of the molecule is CCCCCCC(C)C(=O)OCOc1c(C/C=C(\C)CCC(=O)O)c(OC)c(C)c2c1C(=O)OC2. The average Bonchev–Trinajstić information content (AvgIpc) is 3.22. The molecule has 1 N–H and O–H groups in total. The molecule has 0 saturated carbocycles. The van der Waals surface area contributed by atoms with Gasteiger partial charge >= 0.3 is 17.9 Å². The maximum atomic E-state index is 12.6. The first-order chi connectivity index (χ1) is 16.7. The molecule has 1 aromatic rings. The van der Waals surface area contributed by atoms with Crippen LogP contribution in [0.1, 0.15) is 92.8 Å². The minimum atomic E-state index is -0.864. The monoisotopic (exact) mass is 490 g/mol. The Morgan fingerprint density at radius 1 is 1.17 bits per heavy atom. The minimum absolute atomic E-state index is 0.0327. The van der Waals surface area contributed by atoms with E-state index in [0.29, 0.717) is 35.3 Å². The zero-order valence-electron chi connectivity index (χ0n) is 21.5. The van der Waals surface area contributed by atoms with Gasteiger partial charge in [0.2, 0.25) is 6.79 Å². The predicted molar refractivity (Wildman–Crippen MR) is 131 cm³/mol. The van der Waals surface area contributed by atoms with E-state index < -0.39 is 11.9 Å². The average molecular weight is 491 g/mol. The number of ether oxygens (including phenoxy) is 4. The molecule has 8 nitrogen and oxygen atoms in total. The molecular weight excluding hydrogens is 452 g/mol. The Hall–Kier alpha value is -3.03. The third-order valence-electron chi connectivity index (χ3n) is 6.31. The van der Waals surface area contributed by atoms with Crippen LogP contribution in [0.2, 0.25) is 0 Å². The number of carboxylic acids is 1. The number of carboxylic acid groups (broad SMARTS) is 1. The first-order valence-electron chi connectivity index (χ1n) is 12.3. The van der Waals surface area contributed by atoms with Crippen LogP contribution in [0.3, 0.4) is 0 Å². The third-order valence-corrected chi connectivity index (χ3v) is 6.31. The van der Waals surface area contributed by atoms with Crippen molar-refractivity contribution in [2.75, 3.05) is 13.9 Å². The van der Waals surface area contributed by atoms with E-state index in [-0.39, 0.29) is 37.5 Å². The number of allylic oxidation sites excluding steroid dienone is 2. The van der Waals surface area contributed by atoms with E-state index in [9.17, 15) is 14.4 Å². The van der Waals surface area contributed by atoms with Crippen molar-refractivity contribution in [2.24, 2.45) is 5.92 Å². The molecule has 35 heavy (non-hydrogen) atoms.